The van der Waals surface area contributed by atoms with Crippen LogP contribution in [-0.4, -0.2) is 11.1 Å². The lowest BCUT2D eigenvalue weighted by atomic mass is 9.77. The summed E-state index contributed by atoms with van der Waals surface area (Å²) in [5, 5.41) is 9.45. The zero-order chi connectivity index (χ0) is 12.3. The van der Waals surface area contributed by atoms with Gasteiger partial charge in [0.1, 0.15) is 0 Å². The minimum Gasteiger partial charge on any atom is -0.481 e. The highest BCUT2D eigenvalue weighted by Crippen LogP contribution is 2.36. The van der Waals surface area contributed by atoms with Gasteiger partial charge in [-0.1, -0.05) is 49.1 Å². The van der Waals surface area contributed by atoms with Gasteiger partial charge >= 0.3 is 5.97 Å². The van der Waals surface area contributed by atoms with Gasteiger partial charge in [-0.05, 0) is 31.2 Å². The lowest BCUT2D eigenvalue weighted by Crippen LogP contribution is -2.23. The third-order valence-electron chi connectivity index (χ3n) is 3.82. The van der Waals surface area contributed by atoms with Crippen LogP contribution in [0.25, 0.3) is 0 Å². The van der Waals surface area contributed by atoms with Crippen LogP contribution in [0.2, 0.25) is 0 Å². The number of carboxylic acid groups (broad SMARTS) is 1. The molecule has 0 saturated heterocycles. The first-order valence-electron chi connectivity index (χ1n) is 6.48. The van der Waals surface area contributed by atoms with Gasteiger partial charge in [0.15, 0.2) is 0 Å². The van der Waals surface area contributed by atoms with E-state index in [4.69, 9.17) is 0 Å². The average molecular weight is 232 g/mol. The number of benzene rings is 1. The second-order valence-corrected chi connectivity index (χ2v) is 5.12. The summed E-state index contributed by atoms with van der Waals surface area (Å²) >= 11 is 0. The molecule has 1 saturated carbocycles. The maximum Gasteiger partial charge on any atom is 0.311 e. The monoisotopic (exact) mass is 232 g/mol. The van der Waals surface area contributed by atoms with Crippen molar-refractivity contribution >= 4 is 5.97 Å². The molecule has 0 unspecified atom stereocenters. The van der Waals surface area contributed by atoms with Crippen molar-refractivity contribution in [2.45, 2.75) is 44.9 Å². The highest BCUT2D eigenvalue weighted by Gasteiger charge is 2.30. The van der Waals surface area contributed by atoms with Crippen molar-refractivity contribution < 1.29 is 9.90 Å². The standard InChI is InChI=1S/C15H20O2/c1-11-7-9-13(10-8-11)14(15(16)17)12-5-3-2-4-6-12/h7-10,12,14H,2-6H2,1H3,(H,16,17)/t14-/m1/s1. The molecule has 1 atom stereocenters. The molecule has 0 heterocycles. The van der Waals surface area contributed by atoms with E-state index in [0.717, 1.165) is 18.4 Å². The van der Waals surface area contributed by atoms with Gasteiger partial charge in [-0.25, -0.2) is 0 Å². The molecule has 0 aliphatic heterocycles. The Hall–Kier alpha value is -1.31. The Morgan fingerprint density at radius 3 is 2.29 bits per heavy atom. The van der Waals surface area contributed by atoms with E-state index in [2.05, 4.69) is 0 Å². The Labute approximate surface area is 103 Å². The molecule has 0 radical (unpaired) electrons. The molecule has 1 N–H and O–H groups in total. The summed E-state index contributed by atoms with van der Waals surface area (Å²) in [7, 11) is 0. The van der Waals surface area contributed by atoms with E-state index >= 15 is 0 Å². The van der Waals surface area contributed by atoms with Crippen LogP contribution < -0.4 is 0 Å². The molecule has 2 heteroatoms. The molecule has 1 fully saturated rings. The van der Waals surface area contributed by atoms with E-state index in [-0.39, 0.29) is 5.92 Å². The summed E-state index contributed by atoms with van der Waals surface area (Å²) < 4.78 is 0. The van der Waals surface area contributed by atoms with Gasteiger partial charge in [0, 0.05) is 0 Å². The van der Waals surface area contributed by atoms with E-state index < -0.39 is 5.97 Å². The summed E-state index contributed by atoms with van der Waals surface area (Å²) in [5.41, 5.74) is 2.15. The molecule has 1 aliphatic rings. The van der Waals surface area contributed by atoms with Crippen LogP contribution in [0.1, 0.15) is 49.1 Å². The summed E-state index contributed by atoms with van der Waals surface area (Å²) in [4.78, 5) is 11.5. The molecular formula is C15H20O2. The van der Waals surface area contributed by atoms with E-state index in [9.17, 15) is 9.90 Å². The highest BCUT2D eigenvalue weighted by molar-refractivity contribution is 5.76. The Morgan fingerprint density at radius 1 is 1.18 bits per heavy atom. The van der Waals surface area contributed by atoms with E-state index in [0.29, 0.717) is 5.92 Å². The van der Waals surface area contributed by atoms with Gasteiger partial charge in [0.2, 0.25) is 0 Å². The number of carbonyl (C=O) groups is 1. The van der Waals surface area contributed by atoms with E-state index in [1.807, 2.05) is 31.2 Å². The van der Waals surface area contributed by atoms with Crippen molar-refractivity contribution in [1.82, 2.24) is 0 Å². The molecule has 1 aliphatic carbocycles. The van der Waals surface area contributed by atoms with Crippen molar-refractivity contribution in [2.75, 3.05) is 0 Å². The van der Waals surface area contributed by atoms with Crippen LogP contribution in [0.3, 0.4) is 0 Å². The predicted octanol–water partition coefficient (Wildman–Crippen LogP) is 3.74. The number of aryl methyl sites for hydroxylation is 1. The second kappa shape index (κ2) is 5.35. The molecule has 1 aromatic carbocycles. The highest BCUT2D eigenvalue weighted by atomic mass is 16.4. The first-order valence-corrected chi connectivity index (χ1v) is 6.48. The van der Waals surface area contributed by atoms with Crippen LogP contribution >= 0.6 is 0 Å². The van der Waals surface area contributed by atoms with Gasteiger partial charge in [-0.3, -0.25) is 4.79 Å². The minimum atomic E-state index is -0.666. The van der Waals surface area contributed by atoms with Crippen LogP contribution in [0.5, 0.6) is 0 Å². The van der Waals surface area contributed by atoms with Gasteiger partial charge in [0.05, 0.1) is 5.92 Å². The van der Waals surface area contributed by atoms with Crippen LogP contribution in [0, 0.1) is 12.8 Å². The molecule has 0 spiro atoms. The van der Waals surface area contributed by atoms with Gasteiger partial charge in [-0.15, -0.1) is 0 Å². The molecule has 92 valence electrons. The fraction of sp³-hybridized carbons (Fsp3) is 0.533. The van der Waals surface area contributed by atoms with Crippen molar-refractivity contribution in [2.24, 2.45) is 5.92 Å². The van der Waals surface area contributed by atoms with Crippen molar-refractivity contribution in [3.05, 3.63) is 35.4 Å². The van der Waals surface area contributed by atoms with Gasteiger partial charge in [0.25, 0.3) is 0 Å². The number of rotatable bonds is 3. The Bertz CT molecular complexity index is 374. The Kier molecular flexibility index (Phi) is 3.82. The van der Waals surface area contributed by atoms with Crippen LogP contribution in [0.4, 0.5) is 0 Å². The van der Waals surface area contributed by atoms with Crippen LogP contribution in [-0.2, 0) is 4.79 Å². The molecular weight excluding hydrogens is 212 g/mol. The summed E-state index contributed by atoms with van der Waals surface area (Å²) in [5.74, 6) is -0.652. The number of aliphatic carboxylic acids is 1. The summed E-state index contributed by atoms with van der Waals surface area (Å²) in [6.45, 7) is 2.03. The molecule has 2 nitrogen and oxygen atoms in total. The Balaban J connectivity index is 2.21. The molecule has 0 amide bonds. The van der Waals surface area contributed by atoms with Crippen molar-refractivity contribution in [1.29, 1.82) is 0 Å². The molecule has 17 heavy (non-hydrogen) atoms. The van der Waals surface area contributed by atoms with Gasteiger partial charge in [-0.2, -0.15) is 0 Å². The zero-order valence-electron chi connectivity index (χ0n) is 10.4. The predicted molar refractivity (Wildman–Crippen MR) is 68.1 cm³/mol. The quantitative estimate of drug-likeness (QED) is 0.861. The Morgan fingerprint density at radius 2 is 1.76 bits per heavy atom. The second-order valence-electron chi connectivity index (χ2n) is 5.12. The van der Waals surface area contributed by atoms with Crippen molar-refractivity contribution in [3.63, 3.8) is 0 Å². The first-order chi connectivity index (χ1) is 8.18. The zero-order valence-corrected chi connectivity index (χ0v) is 10.4. The smallest absolute Gasteiger partial charge is 0.311 e. The number of hydrogen-bond donors (Lipinski definition) is 1. The number of hydrogen-bond acceptors (Lipinski definition) is 1. The van der Waals surface area contributed by atoms with E-state index in [1.165, 1.54) is 24.8 Å². The molecule has 0 bridgehead atoms. The normalized spacial score (nSPS) is 18.9. The molecule has 1 aromatic rings. The molecule has 2 rings (SSSR count). The lowest BCUT2D eigenvalue weighted by Gasteiger charge is -2.27. The van der Waals surface area contributed by atoms with E-state index in [1.54, 1.807) is 0 Å². The fourth-order valence-corrected chi connectivity index (χ4v) is 2.86. The van der Waals surface area contributed by atoms with Gasteiger partial charge < -0.3 is 5.11 Å². The van der Waals surface area contributed by atoms with Crippen molar-refractivity contribution in [3.8, 4) is 0 Å². The maximum absolute atomic E-state index is 11.5. The SMILES string of the molecule is Cc1ccc([C@H](C(=O)O)C2CCCCC2)cc1. The third kappa shape index (κ3) is 2.87. The van der Waals surface area contributed by atoms with Crippen LogP contribution in [0.15, 0.2) is 24.3 Å². The molecule has 0 aromatic heterocycles. The first kappa shape index (κ1) is 12.2. The fourth-order valence-electron chi connectivity index (χ4n) is 2.86. The maximum atomic E-state index is 11.5. The topological polar surface area (TPSA) is 37.3 Å². The summed E-state index contributed by atoms with van der Waals surface area (Å²) in [6, 6.07) is 7.97. The minimum absolute atomic E-state index is 0.309. The summed E-state index contributed by atoms with van der Waals surface area (Å²) in [6.07, 6.45) is 5.74. The largest absolute Gasteiger partial charge is 0.481 e. The third-order valence-corrected chi connectivity index (χ3v) is 3.82. The number of carboxylic acids is 1. The lowest BCUT2D eigenvalue weighted by molar-refractivity contribution is -0.140. The average Bonchev–Trinajstić information content (AvgIpc) is 2.33.